The van der Waals surface area contributed by atoms with Gasteiger partial charge in [0, 0.05) is 26.3 Å². The highest BCUT2D eigenvalue weighted by Crippen LogP contribution is 1.97. The lowest BCUT2D eigenvalue weighted by Gasteiger charge is -2.08. The van der Waals surface area contributed by atoms with E-state index in [0.29, 0.717) is 0 Å². The van der Waals surface area contributed by atoms with Crippen LogP contribution in [-0.4, -0.2) is 57.0 Å². The monoisotopic (exact) mass is 322 g/mol. The van der Waals surface area contributed by atoms with Crippen molar-refractivity contribution < 1.29 is 9.90 Å². The Morgan fingerprint density at radius 1 is 0.826 bits per heavy atom. The highest BCUT2D eigenvalue weighted by molar-refractivity contribution is 5.68. The fourth-order valence-corrected chi connectivity index (χ4v) is 2.14. The first-order valence-electron chi connectivity index (χ1n) is 8.37. The molecule has 0 fully saturated rings. The molecule has 0 amide bonds. The van der Waals surface area contributed by atoms with Gasteiger partial charge in [0.15, 0.2) is 0 Å². The van der Waals surface area contributed by atoms with Crippen LogP contribution in [0.2, 0.25) is 0 Å². The van der Waals surface area contributed by atoms with Crippen LogP contribution in [0.5, 0.6) is 0 Å². The molecule has 1 aromatic rings. The molecule has 0 spiro atoms. The van der Waals surface area contributed by atoms with Gasteiger partial charge in [-0.15, -0.1) is 0 Å². The van der Waals surface area contributed by atoms with Gasteiger partial charge in [0.1, 0.15) is 0 Å². The predicted octanol–water partition coefficient (Wildman–Crippen LogP) is 0.410. The normalized spacial score (nSPS) is 10.8. The smallest absolute Gasteiger partial charge is 0.317 e. The lowest BCUT2D eigenvalue weighted by atomic mass is 10.1. The number of unbranched alkanes of at least 4 members (excludes halogenated alkanes) is 1. The Morgan fingerprint density at radius 2 is 1.48 bits per heavy atom. The van der Waals surface area contributed by atoms with E-state index in [0.717, 1.165) is 58.7 Å². The standard InChI is InChI=1S/C17H30N4O2/c22-17(23)14-19-10-5-4-9-18-12-13-21-15-20-11-8-16-6-2-1-3-7-16/h1-3,6-7,18-21H,4-5,8-15H2,(H,22,23). The van der Waals surface area contributed by atoms with Crippen molar-refractivity contribution in [2.45, 2.75) is 19.3 Å². The van der Waals surface area contributed by atoms with E-state index in [1.807, 2.05) is 6.07 Å². The van der Waals surface area contributed by atoms with Crippen LogP contribution in [0.4, 0.5) is 0 Å². The molecule has 0 aliphatic heterocycles. The van der Waals surface area contributed by atoms with Crippen molar-refractivity contribution in [1.29, 1.82) is 0 Å². The molecule has 23 heavy (non-hydrogen) atoms. The van der Waals surface area contributed by atoms with Crippen LogP contribution < -0.4 is 21.3 Å². The lowest BCUT2D eigenvalue weighted by molar-refractivity contribution is -0.135. The van der Waals surface area contributed by atoms with Crippen molar-refractivity contribution in [2.24, 2.45) is 0 Å². The molecule has 0 saturated carbocycles. The number of carbonyl (C=O) groups is 1. The summed E-state index contributed by atoms with van der Waals surface area (Å²) in [4.78, 5) is 10.3. The Bertz CT molecular complexity index is 401. The Morgan fingerprint density at radius 3 is 2.22 bits per heavy atom. The minimum absolute atomic E-state index is 0.0502. The Kier molecular flexibility index (Phi) is 12.0. The molecule has 0 radical (unpaired) electrons. The largest absolute Gasteiger partial charge is 0.480 e. The molecule has 0 atom stereocenters. The van der Waals surface area contributed by atoms with Crippen molar-refractivity contribution in [1.82, 2.24) is 21.3 Å². The molecule has 0 aliphatic rings. The van der Waals surface area contributed by atoms with Crippen molar-refractivity contribution in [2.75, 3.05) is 45.9 Å². The molecule has 6 heteroatoms. The van der Waals surface area contributed by atoms with Crippen LogP contribution in [0.25, 0.3) is 0 Å². The minimum atomic E-state index is -0.799. The van der Waals surface area contributed by atoms with E-state index in [-0.39, 0.29) is 6.54 Å². The third-order valence-corrected chi connectivity index (χ3v) is 3.40. The van der Waals surface area contributed by atoms with E-state index >= 15 is 0 Å². The maximum absolute atomic E-state index is 10.3. The van der Waals surface area contributed by atoms with Gasteiger partial charge < -0.3 is 26.4 Å². The first-order chi connectivity index (χ1) is 11.3. The molecular weight excluding hydrogens is 292 g/mol. The van der Waals surface area contributed by atoms with E-state index in [9.17, 15) is 4.79 Å². The van der Waals surface area contributed by atoms with Gasteiger partial charge in [-0.05, 0) is 37.9 Å². The van der Waals surface area contributed by atoms with Crippen LogP contribution in [-0.2, 0) is 11.2 Å². The van der Waals surface area contributed by atoms with Crippen LogP contribution >= 0.6 is 0 Å². The summed E-state index contributed by atoms with van der Waals surface area (Å²) in [6.45, 7) is 5.48. The van der Waals surface area contributed by atoms with E-state index in [2.05, 4.69) is 45.5 Å². The first kappa shape index (κ1) is 19.6. The average molecular weight is 322 g/mol. The van der Waals surface area contributed by atoms with Crippen LogP contribution in [0.15, 0.2) is 30.3 Å². The third kappa shape index (κ3) is 12.7. The molecule has 5 N–H and O–H groups in total. The molecule has 0 aliphatic carbocycles. The number of hydrogen-bond donors (Lipinski definition) is 5. The fraction of sp³-hybridized carbons (Fsp3) is 0.588. The van der Waals surface area contributed by atoms with Gasteiger partial charge in [-0.3, -0.25) is 4.79 Å². The molecule has 1 rings (SSSR count). The Balaban J connectivity index is 1.74. The minimum Gasteiger partial charge on any atom is -0.480 e. The molecule has 1 aromatic carbocycles. The van der Waals surface area contributed by atoms with Crippen molar-refractivity contribution in [3.8, 4) is 0 Å². The average Bonchev–Trinajstić information content (AvgIpc) is 2.56. The summed E-state index contributed by atoms with van der Waals surface area (Å²) >= 11 is 0. The van der Waals surface area contributed by atoms with Crippen molar-refractivity contribution >= 4 is 5.97 Å². The summed E-state index contributed by atoms with van der Waals surface area (Å²) in [5.41, 5.74) is 1.36. The maximum Gasteiger partial charge on any atom is 0.317 e. The van der Waals surface area contributed by atoms with Gasteiger partial charge in [0.05, 0.1) is 6.54 Å². The molecule has 0 aromatic heterocycles. The topological polar surface area (TPSA) is 85.4 Å². The van der Waals surface area contributed by atoms with Gasteiger partial charge in [0.25, 0.3) is 0 Å². The van der Waals surface area contributed by atoms with Gasteiger partial charge in [0.2, 0.25) is 0 Å². The second kappa shape index (κ2) is 14.1. The maximum atomic E-state index is 10.3. The van der Waals surface area contributed by atoms with Crippen LogP contribution in [0, 0.1) is 0 Å². The summed E-state index contributed by atoms with van der Waals surface area (Å²) in [5, 5.41) is 21.4. The molecule has 130 valence electrons. The summed E-state index contributed by atoms with van der Waals surface area (Å²) in [6.07, 6.45) is 3.10. The number of aliphatic carboxylic acids is 1. The summed E-state index contributed by atoms with van der Waals surface area (Å²) in [6, 6.07) is 10.5. The van der Waals surface area contributed by atoms with E-state index < -0.39 is 5.97 Å². The highest BCUT2D eigenvalue weighted by Gasteiger charge is 1.95. The number of hydrogen-bond acceptors (Lipinski definition) is 5. The zero-order valence-corrected chi connectivity index (χ0v) is 13.8. The van der Waals surface area contributed by atoms with E-state index in [1.165, 1.54) is 5.56 Å². The predicted molar refractivity (Wildman–Crippen MR) is 93.6 cm³/mol. The number of benzene rings is 1. The molecule has 6 nitrogen and oxygen atoms in total. The summed E-state index contributed by atoms with van der Waals surface area (Å²) < 4.78 is 0. The number of carboxylic acids is 1. The van der Waals surface area contributed by atoms with Crippen LogP contribution in [0.3, 0.4) is 0 Å². The van der Waals surface area contributed by atoms with Gasteiger partial charge in [-0.25, -0.2) is 0 Å². The number of nitrogens with one attached hydrogen (secondary N) is 4. The second-order valence-corrected chi connectivity index (χ2v) is 5.44. The van der Waals surface area contributed by atoms with Crippen molar-refractivity contribution in [3.05, 3.63) is 35.9 Å². The zero-order chi connectivity index (χ0) is 16.6. The first-order valence-corrected chi connectivity index (χ1v) is 8.37. The number of carboxylic acid groups (broad SMARTS) is 1. The second-order valence-electron chi connectivity index (χ2n) is 5.44. The van der Waals surface area contributed by atoms with E-state index in [4.69, 9.17) is 5.11 Å². The SMILES string of the molecule is O=C(O)CNCCCCNCCNCNCCc1ccccc1. The van der Waals surface area contributed by atoms with Crippen molar-refractivity contribution in [3.63, 3.8) is 0 Å². The number of rotatable bonds is 15. The zero-order valence-electron chi connectivity index (χ0n) is 13.8. The fourth-order valence-electron chi connectivity index (χ4n) is 2.14. The van der Waals surface area contributed by atoms with Gasteiger partial charge in [-0.2, -0.15) is 0 Å². The lowest BCUT2D eigenvalue weighted by Crippen LogP contribution is -2.35. The molecule has 0 unspecified atom stereocenters. The quantitative estimate of drug-likeness (QED) is 0.238. The highest BCUT2D eigenvalue weighted by atomic mass is 16.4. The third-order valence-electron chi connectivity index (χ3n) is 3.40. The van der Waals surface area contributed by atoms with E-state index in [1.54, 1.807) is 0 Å². The molecular formula is C17H30N4O2. The molecule has 0 heterocycles. The van der Waals surface area contributed by atoms with Gasteiger partial charge >= 0.3 is 5.97 Å². The summed E-state index contributed by atoms with van der Waals surface area (Å²) in [7, 11) is 0. The van der Waals surface area contributed by atoms with Crippen LogP contribution in [0.1, 0.15) is 18.4 Å². The Labute approximate surface area is 139 Å². The summed E-state index contributed by atoms with van der Waals surface area (Å²) in [5.74, 6) is -0.799. The molecule has 0 saturated heterocycles. The molecule has 0 bridgehead atoms. The van der Waals surface area contributed by atoms with Gasteiger partial charge in [-0.1, -0.05) is 30.3 Å². The Hall–Kier alpha value is -1.47.